The Hall–Kier alpha value is -1.48. The molecule has 1 aliphatic heterocycles. The average molecular weight is 440 g/mol. The summed E-state index contributed by atoms with van der Waals surface area (Å²) in [7, 11) is 0. The van der Waals surface area contributed by atoms with Crippen LogP contribution < -0.4 is 5.56 Å². The molecular formula is C21H34ClN5O3. The number of nitrogens with zero attached hydrogens (tertiary/aromatic N) is 3. The topological polar surface area (TPSA) is 96.1 Å². The summed E-state index contributed by atoms with van der Waals surface area (Å²) < 4.78 is 11.7. The molecule has 0 spiro atoms. The van der Waals surface area contributed by atoms with E-state index >= 15 is 0 Å². The normalized spacial score (nSPS) is 23.0. The maximum Gasteiger partial charge on any atom is 0.279 e. The van der Waals surface area contributed by atoms with E-state index in [1.54, 1.807) is 0 Å². The van der Waals surface area contributed by atoms with Crippen molar-refractivity contribution in [3.63, 3.8) is 0 Å². The highest BCUT2D eigenvalue weighted by Gasteiger charge is 2.27. The van der Waals surface area contributed by atoms with Crippen LogP contribution in [-0.4, -0.2) is 70.6 Å². The Kier molecular flexibility index (Phi) is 8.27. The number of rotatable bonds is 7. The van der Waals surface area contributed by atoms with Crippen molar-refractivity contribution in [3.8, 4) is 0 Å². The Morgan fingerprint density at radius 2 is 1.97 bits per heavy atom. The lowest BCUT2D eigenvalue weighted by molar-refractivity contribution is -0.0318. The third-order valence-electron chi connectivity index (χ3n) is 6.20. The van der Waals surface area contributed by atoms with Gasteiger partial charge in [-0.25, -0.2) is 4.98 Å². The van der Waals surface area contributed by atoms with Crippen LogP contribution in [0.15, 0.2) is 4.79 Å². The minimum Gasteiger partial charge on any atom is -0.379 e. The zero-order valence-corrected chi connectivity index (χ0v) is 18.8. The van der Waals surface area contributed by atoms with Gasteiger partial charge in [-0.05, 0) is 24.7 Å². The minimum absolute atomic E-state index is 0. The summed E-state index contributed by atoms with van der Waals surface area (Å²) in [5.41, 5.74) is 1.88. The molecule has 0 amide bonds. The predicted octanol–water partition coefficient (Wildman–Crippen LogP) is 2.64. The highest BCUT2D eigenvalue weighted by atomic mass is 35.5. The van der Waals surface area contributed by atoms with Crippen molar-refractivity contribution in [2.45, 2.75) is 58.0 Å². The summed E-state index contributed by atoms with van der Waals surface area (Å²) in [6.45, 7) is 9.49. The second kappa shape index (κ2) is 10.7. The smallest absolute Gasteiger partial charge is 0.279 e. The lowest BCUT2D eigenvalue weighted by atomic mass is 9.84. The average Bonchev–Trinajstić information content (AvgIpc) is 3.15. The first-order chi connectivity index (χ1) is 14.1. The van der Waals surface area contributed by atoms with E-state index in [1.807, 2.05) is 0 Å². The van der Waals surface area contributed by atoms with Gasteiger partial charge in [-0.15, -0.1) is 12.4 Å². The van der Waals surface area contributed by atoms with E-state index in [9.17, 15) is 4.79 Å². The molecule has 2 atom stereocenters. The Bertz CT molecular complexity index is 862. The monoisotopic (exact) mass is 439 g/mol. The third-order valence-corrected chi connectivity index (χ3v) is 6.20. The fourth-order valence-corrected chi connectivity index (χ4v) is 4.51. The van der Waals surface area contributed by atoms with Gasteiger partial charge in [0.2, 0.25) is 0 Å². The Morgan fingerprint density at radius 1 is 1.20 bits per heavy atom. The summed E-state index contributed by atoms with van der Waals surface area (Å²) in [6.07, 6.45) is 5.61. The van der Waals surface area contributed by atoms with Gasteiger partial charge in [0.25, 0.3) is 5.56 Å². The molecule has 2 aliphatic rings. The van der Waals surface area contributed by atoms with Crippen LogP contribution in [0.4, 0.5) is 0 Å². The first kappa shape index (κ1) is 23.2. The molecule has 0 aromatic carbocycles. The number of ether oxygens (including phenoxy) is 2. The molecule has 2 N–H and O–H groups in total. The van der Waals surface area contributed by atoms with Crippen LogP contribution in [0.5, 0.6) is 0 Å². The Morgan fingerprint density at radius 3 is 2.73 bits per heavy atom. The number of aromatic nitrogens is 4. The maximum atomic E-state index is 12.5. The van der Waals surface area contributed by atoms with Crippen LogP contribution in [0.3, 0.4) is 0 Å². The standard InChI is InChI=1S/C21H33N5O3.ClH/c1-14(2)18-19-20(25-24-18)21(27)23-17(22-19)13-15-5-3-4-6-16(15)29-12-9-26-7-10-28-11-8-26;/h14-16H,3-13H2,1-2H3,(H,24,25)(H,22,23,27);1H. The van der Waals surface area contributed by atoms with Crippen LogP contribution in [0, 0.1) is 5.92 Å². The molecule has 168 valence electrons. The van der Waals surface area contributed by atoms with Gasteiger partial charge in [0.15, 0.2) is 5.52 Å². The Balaban J connectivity index is 0.00000256. The first-order valence-electron chi connectivity index (χ1n) is 11.0. The summed E-state index contributed by atoms with van der Waals surface area (Å²) >= 11 is 0. The molecular weight excluding hydrogens is 406 g/mol. The number of fused-ring (bicyclic) bond motifs is 1. The largest absolute Gasteiger partial charge is 0.379 e. The van der Waals surface area contributed by atoms with E-state index in [0.29, 0.717) is 17.0 Å². The molecule has 2 fully saturated rings. The summed E-state index contributed by atoms with van der Waals surface area (Å²) in [4.78, 5) is 22.6. The summed E-state index contributed by atoms with van der Waals surface area (Å²) in [5.74, 6) is 1.39. The number of morpholine rings is 1. The van der Waals surface area contributed by atoms with E-state index < -0.39 is 0 Å². The molecule has 1 saturated heterocycles. The van der Waals surface area contributed by atoms with E-state index in [4.69, 9.17) is 14.5 Å². The number of aromatic amines is 2. The van der Waals surface area contributed by atoms with Crippen molar-refractivity contribution in [2.24, 2.45) is 5.92 Å². The number of hydrogen-bond acceptors (Lipinski definition) is 6. The summed E-state index contributed by atoms with van der Waals surface area (Å²) in [6, 6.07) is 0. The molecule has 3 heterocycles. The summed E-state index contributed by atoms with van der Waals surface area (Å²) in [5, 5.41) is 7.14. The van der Waals surface area contributed by atoms with Crippen LogP contribution in [-0.2, 0) is 15.9 Å². The van der Waals surface area contributed by atoms with Gasteiger partial charge in [0.05, 0.1) is 31.6 Å². The SMILES string of the molecule is CC(C)c1[nH]nc2c(=O)[nH]c(CC3CCCCC3OCCN3CCOCC3)nc12.Cl. The molecule has 0 bridgehead atoms. The first-order valence-corrected chi connectivity index (χ1v) is 11.0. The molecule has 8 nitrogen and oxygen atoms in total. The molecule has 1 aliphatic carbocycles. The van der Waals surface area contributed by atoms with Gasteiger partial charge in [-0.1, -0.05) is 26.7 Å². The lowest BCUT2D eigenvalue weighted by Crippen LogP contribution is -2.39. The van der Waals surface area contributed by atoms with Crippen molar-refractivity contribution in [2.75, 3.05) is 39.5 Å². The van der Waals surface area contributed by atoms with Gasteiger partial charge in [0.1, 0.15) is 11.3 Å². The number of hydrogen-bond donors (Lipinski definition) is 2. The number of halogens is 1. The van der Waals surface area contributed by atoms with Crippen LogP contribution in [0.2, 0.25) is 0 Å². The second-order valence-corrected chi connectivity index (χ2v) is 8.61. The molecule has 2 unspecified atom stereocenters. The van der Waals surface area contributed by atoms with Crippen LogP contribution in [0.25, 0.3) is 11.0 Å². The number of nitrogens with one attached hydrogen (secondary N) is 2. The van der Waals surface area contributed by atoms with Crippen molar-refractivity contribution < 1.29 is 9.47 Å². The van der Waals surface area contributed by atoms with Crippen molar-refractivity contribution in [1.82, 2.24) is 25.1 Å². The minimum atomic E-state index is -0.159. The van der Waals surface area contributed by atoms with Crippen LogP contribution in [0.1, 0.15) is 57.0 Å². The highest BCUT2D eigenvalue weighted by molar-refractivity contribution is 5.85. The highest BCUT2D eigenvalue weighted by Crippen LogP contribution is 2.29. The zero-order valence-electron chi connectivity index (χ0n) is 18.0. The molecule has 2 aromatic rings. The molecule has 2 aromatic heterocycles. The van der Waals surface area contributed by atoms with Crippen molar-refractivity contribution >= 4 is 23.4 Å². The third kappa shape index (κ3) is 5.41. The van der Waals surface area contributed by atoms with Gasteiger partial charge >= 0.3 is 0 Å². The maximum absolute atomic E-state index is 12.5. The number of H-pyrrole nitrogens is 2. The lowest BCUT2D eigenvalue weighted by Gasteiger charge is -2.32. The van der Waals surface area contributed by atoms with E-state index in [-0.39, 0.29) is 30.0 Å². The van der Waals surface area contributed by atoms with Gasteiger partial charge in [0, 0.05) is 26.1 Å². The fraction of sp³-hybridized carbons (Fsp3) is 0.762. The van der Waals surface area contributed by atoms with Crippen LogP contribution >= 0.6 is 12.4 Å². The Labute approximate surface area is 183 Å². The molecule has 0 radical (unpaired) electrons. The van der Waals surface area contributed by atoms with Crippen molar-refractivity contribution in [1.29, 1.82) is 0 Å². The van der Waals surface area contributed by atoms with E-state index in [0.717, 1.165) is 70.2 Å². The molecule has 30 heavy (non-hydrogen) atoms. The van der Waals surface area contributed by atoms with E-state index in [1.165, 1.54) is 12.8 Å². The van der Waals surface area contributed by atoms with Gasteiger partial charge < -0.3 is 14.5 Å². The van der Waals surface area contributed by atoms with Crippen molar-refractivity contribution in [3.05, 3.63) is 21.9 Å². The predicted molar refractivity (Wildman–Crippen MR) is 119 cm³/mol. The fourth-order valence-electron chi connectivity index (χ4n) is 4.51. The quantitative estimate of drug-likeness (QED) is 0.688. The second-order valence-electron chi connectivity index (χ2n) is 8.61. The zero-order chi connectivity index (χ0) is 20.2. The van der Waals surface area contributed by atoms with Gasteiger partial charge in [-0.3, -0.25) is 14.8 Å². The molecule has 4 rings (SSSR count). The molecule has 1 saturated carbocycles. The molecule has 9 heteroatoms. The van der Waals surface area contributed by atoms with E-state index in [2.05, 4.69) is 33.9 Å². The van der Waals surface area contributed by atoms with Gasteiger partial charge in [-0.2, -0.15) is 5.10 Å².